The minimum Gasteiger partial charge on any atom is -0.372 e. The Morgan fingerprint density at radius 1 is 1.19 bits per heavy atom. The summed E-state index contributed by atoms with van der Waals surface area (Å²) >= 11 is 3.84. The van der Waals surface area contributed by atoms with E-state index in [1.165, 1.54) is 18.1 Å². The lowest BCUT2D eigenvalue weighted by Gasteiger charge is -2.21. The molecule has 1 heterocycles. The fourth-order valence-electron chi connectivity index (χ4n) is 2.84. The summed E-state index contributed by atoms with van der Waals surface area (Å²) in [6, 6.07) is 12.3. The number of nitro benzene ring substituents is 1. The molecule has 0 radical (unpaired) electrons. The first-order valence-electron chi connectivity index (χ1n) is 8.56. The molecule has 6 nitrogen and oxygen atoms in total. The van der Waals surface area contributed by atoms with Gasteiger partial charge in [-0.05, 0) is 47.8 Å². The molecule has 1 aliphatic rings. The lowest BCUT2D eigenvalue weighted by molar-refractivity contribution is -0.384. The third-order valence-corrected chi connectivity index (χ3v) is 7.17. The van der Waals surface area contributed by atoms with E-state index in [0.29, 0.717) is 16.0 Å². The van der Waals surface area contributed by atoms with Gasteiger partial charge in [-0.3, -0.25) is 14.9 Å². The number of carbonyl (C=O) groups excluding carboxylic acids is 1. The molecule has 1 N–H and O–H groups in total. The lowest BCUT2D eigenvalue weighted by Crippen LogP contribution is -2.15. The monoisotopic (exact) mass is 403 g/mol. The Balaban J connectivity index is 1.79. The van der Waals surface area contributed by atoms with Crippen LogP contribution in [0.15, 0.2) is 42.5 Å². The molecule has 1 fully saturated rings. The van der Waals surface area contributed by atoms with E-state index >= 15 is 0 Å². The van der Waals surface area contributed by atoms with Gasteiger partial charge in [0.05, 0.1) is 9.51 Å². The van der Waals surface area contributed by atoms with Gasteiger partial charge in [0, 0.05) is 31.4 Å². The zero-order chi connectivity index (χ0) is 19.4. The third kappa shape index (κ3) is 4.75. The first kappa shape index (κ1) is 19.6. The van der Waals surface area contributed by atoms with Crippen molar-refractivity contribution in [2.45, 2.75) is 11.0 Å². The number of nitrogens with one attached hydrogen (secondary N) is 1. The van der Waals surface area contributed by atoms with Crippen LogP contribution in [0.4, 0.5) is 17.1 Å². The standard InChI is InChI=1S/C19H21N3O3S2/c1-21(2)16-8-7-13(12-17(16)22(24)25)18(23)20-15-6-3-5-14(11-15)19-26-9-4-10-27-19/h3,5-8,11-12,19H,4,9-10H2,1-2H3,(H,20,23). The molecular formula is C19H21N3O3S2. The molecule has 2 aromatic carbocycles. The van der Waals surface area contributed by atoms with Gasteiger partial charge in [0.25, 0.3) is 11.6 Å². The molecule has 0 spiro atoms. The minimum absolute atomic E-state index is 0.0867. The van der Waals surface area contributed by atoms with Crippen molar-refractivity contribution in [1.29, 1.82) is 0 Å². The summed E-state index contributed by atoms with van der Waals surface area (Å²) in [6.07, 6.45) is 1.23. The van der Waals surface area contributed by atoms with Gasteiger partial charge >= 0.3 is 0 Å². The number of hydrogen-bond donors (Lipinski definition) is 1. The molecule has 2 aromatic rings. The average molecular weight is 404 g/mol. The zero-order valence-electron chi connectivity index (χ0n) is 15.2. The number of carbonyl (C=O) groups is 1. The molecule has 0 unspecified atom stereocenters. The molecule has 0 saturated carbocycles. The zero-order valence-corrected chi connectivity index (χ0v) is 16.8. The Kier molecular flexibility index (Phi) is 6.28. The summed E-state index contributed by atoms with van der Waals surface area (Å²) in [6.45, 7) is 0. The van der Waals surface area contributed by atoms with Gasteiger partial charge < -0.3 is 10.2 Å². The SMILES string of the molecule is CN(C)c1ccc(C(=O)Nc2cccc(C3SCCCS3)c2)cc1[N+](=O)[O-]. The van der Waals surface area contributed by atoms with Crippen molar-refractivity contribution >= 4 is 46.5 Å². The van der Waals surface area contributed by atoms with Gasteiger partial charge in [0.2, 0.25) is 0 Å². The van der Waals surface area contributed by atoms with Gasteiger partial charge in [0.1, 0.15) is 5.69 Å². The summed E-state index contributed by atoms with van der Waals surface area (Å²) in [5.41, 5.74) is 2.51. The average Bonchev–Trinajstić information content (AvgIpc) is 2.68. The summed E-state index contributed by atoms with van der Waals surface area (Å²) in [5.74, 6) is 1.94. The van der Waals surface area contributed by atoms with Gasteiger partial charge in [-0.25, -0.2) is 0 Å². The molecule has 1 saturated heterocycles. The van der Waals surface area contributed by atoms with E-state index in [2.05, 4.69) is 11.4 Å². The number of benzene rings is 2. The molecule has 0 atom stereocenters. The van der Waals surface area contributed by atoms with Crippen LogP contribution in [0.2, 0.25) is 0 Å². The second-order valence-electron chi connectivity index (χ2n) is 6.36. The third-order valence-electron chi connectivity index (χ3n) is 4.16. The summed E-state index contributed by atoms with van der Waals surface area (Å²) in [5, 5.41) is 14.2. The van der Waals surface area contributed by atoms with Crippen LogP contribution in [0.5, 0.6) is 0 Å². The van der Waals surface area contributed by atoms with Gasteiger partial charge in [-0.1, -0.05) is 12.1 Å². The van der Waals surface area contributed by atoms with Crippen molar-refractivity contribution in [3.05, 3.63) is 63.7 Å². The lowest BCUT2D eigenvalue weighted by atomic mass is 10.1. The number of thioether (sulfide) groups is 2. The summed E-state index contributed by atoms with van der Waals surface area (Å²) in [4.78, 5) is 25.1. The highest BCUT2D eigenvalue weighted by Gasteiger charge is 2.20. The number of nitro groups is 1. The number of rotatable bonds is 5. The molecule has 0 bridgehead atoms. The highest BCUT2D eigenvalue weighted by molar-refractivity contribution is 8.16. The maximum atomic E-state index is 12.6. The van der Waals surface area contributed by atoms with E-state index in [-0.39, 0.29) is 17.2 Å². The van der Waals surface area contributed by atoms with Crippen molar-refractivity contribution in [3.63, 3.8) is 0 Å². The molecule has 0 aromatic heterocycles. The van der Waals surface area contributed by atoms with Crippen molar-refractivity contribution in [2.24, 2.45) is 0 Å². The minimum atomic E-state index is -0.468. The second-order valence-corrected chi connectivity index (χ2v) is 9.09. The van der Waals surface area contributed by atoms with Crippen LogP contribution in [-0.2, 0) is 0 Å². The van der Waals surface area contributed by atoms with E-state index in [1.807, 2.05) is 41.7 Å². The van der Waals surface area contributed by atoms with Crippen molar-refractivity contribution in [1.82, 2.24) is 0 Å². The predicted octanol–water partition coefficient (Wildman–Crippen LogP) is 4.78. The summed E-state index contributed by atoms with van der Waals surface area (Å²) < 4.78 is 0.385. The second kappa shape index (κ2) is 8.67. The fourth-order valence-corrected chi connectivity index (χ4v) is 5.71. The first-order chi connectivity index (χ1) is 13.0. The van der Waals surface area contributed by atoms with Crippen molar-refractivity contribution < 1.29 is 9.72 Å². The molecule has 8 heteroatoms. The Hall–Kier alpha value is -2.19. The van der Waals surface area contributed by atoms with Crippen molar-refractivity contribution in [2.75, 3.05) is 35.8 Å². The van der Waals surface area contributed by atoms with Gasteiger partial charge in [0.15, 0.2) is 0 Å². The largest absolute Gasteiger partial charge is 0.372 e. The van der Waals surface area contributed by atoms with Crippen LogP contribution in [0.1, 0.15) is 26.9 Å². The molecule has 1 amide bonds. The molecule has 142 valence electrons. The van der Waals surface area contributed by atoms with Crippen molar-refractivity contribution in [3.8, 4) is 0 Å². The molecule has 3 rings (SSSR count). The van der Waals surface area contributed by atoms with Crippen LogP contribution in [0.25, 0.3) is 0 Å². The van der Waals surface area contributed by atoms with Crippen LogP contribution >= 0.6 is 23.5 Å². The van der Waals surface area contributed by atoms with Crippen LogP contribution < -0.4 is 10.2 Å². The maximum absolute atomic E-state index is 12.6. The first-order valence-corrected chi connectivity index (χ1v) is 10.7. The quantitative estimate of drug-likeness (QED) is 0.572. The van der Waals surface area contributed by atoms with E-state index in [9.17, 15) is 14.9 Å². The highest BCUT2D eigenvalue weighted by atomic mass is 32.2. The Morgan fingerprint density at radius 2 is 1.93 bits per heavy atom. The molecule has 0 aliphatic carbocycles. The van der Waals surface area contributed by atoms with E-state index < -0.39 is 4.92 Å². The Labute approximate surface area is 166 Å². The van der Waals surface area contributed by atoms with Crippen LogP contribution in [-0.4, -0.2) is 36.4 Å². The smallest absolute Gasteiger partial charge is 0.293 e. The van der Waals surface area contributed by atoms with E-state index in [4.69, 9.17) is 0 Å². The fraction of sp³-hybridized carbons (Fsp3) is 0.316. The number of anilines is 2. The normalized spacial score (nSPS) is 14.6. The van der Waals surface area contributed by atoms with E-state index in [0.717, 1.165) is 11.5 Å². The predicted molar refractivity (Wildman–Crippen MR) is 114 cm³/mol. The molecular weight excluding hydrogens is 382 g/mol. The number of nitrogens with zero attached hydrogens (tertiary/aromatic N) is 2. The number of amides is 1. The summed E-state index contributed by atoms with van der Waals surface area (Å²) in [7, 11) is 3.46. The Morgan fingerprint density at radius 3 is 2.59 bits per heavy atom. The molecule has 1 aliphatic heterocycles. The topological polar surface area (TPSA) is 75.5 Å². The Bertz CT molecular complexity index is 852. The van der Waals surface area contributed by atoms with Gasteiger partial charge in [-0.15, -0.1) is 23.5 Å². The maximum Gasteiger partial charge on any atom is 0.293 e. The van der Waals surface area contributed by atoms with E-state index in [1.54, 1.807) is 31.1 Å². The van der Waals surface area contributed by atoms with Crippen LogP contribution in [0.3, 0.4) is 0 Å². The van der Waals surface area contributed by atoms with Crippen LogP contribution in [0, 0.1) is 10.1 Å². The highest BCUT2D eigenvalue weighted by Crippen LogP contribution is 2.44. The van der Waals surface area contributed by atoms with Gasteiger partial charge in [-0.2, -0.15) is 0 Å². The number of hydrogen-bond acceptors (Lipinski definition) is 6. The molecule has 27 heavy (non-hydrogen) atoms.